The van der Waals surface area contributed by atoms with Crippen molar-refractivity contribution < 1.29 is 9.15 Å². The Morgan fingerprint density at radius 2 is 2.30 bits per heavy atom. The van der Waals surface area contributed by atoms with Crippen LogP contribution in [-0.4, -0.2) is 30.6 Å². The van der Waals surface area contributed by atoms with E-state index in [0.29, 0.717) is 5.11 Å². The molecule has 0 spiro atoms. The first-order chi connectivity index (χ1) is 11.3. The Kier molecular flexibility index (Phi) is 5.25. The van der Waals surface area contributed by atoms with Crippen molar-refractivity contribution in [3.8, 4) is 0 Å². The maximum Gasteiger partial charge on any atom is 0.187 e. The number of para-hydroxylation sites is 1. The lowest BCUT2D eigenvalue weighted by Crippen LogP contribution is -2.37. The zero-order valence-electron chi connectivity index (χ0n) is 13.2. The monoisotopic (exact) mass is 331 g/mol. The first kappa shape index (κ1) is 16.0. The predicted molar refractivity (Wildman–Crippen MR) is 95.9 cm³/mol. The van der Waals surface area contributed by atoms with Crippen molar-refractivity contribution in [3.63, 3.8) is 0 Å². The quantitative estimate of drug-likeness (QED) is 0.501. The van der Waals surface area contributed by atoms with Gasteiger partial charge >= 0.3 is 0 Å². The number of aryl methyl sites for hydroxylation is 1. The number of ether oxygens (including phenoxy) is 1. The Morgan fingerprint density at radius 3 is 3.09 bits per heavy atom. The number of hydrazone groups is 1. The van der Waals surface area contributed by atoms with Gasteiger partial charge in [-0.05, 0) is 31.1 Å². The fourth-order valence-electron chi connectivity index (χ4n) is 2.73. The molecule has 1 aromatic heterocycles. The van der Waals surface area contributed by atoms with Crippen molar-refractivity contribution in [2.75, 3.05) is 13.2 Å². The smallest absolute Gasteiger partial charge is 0.187 e. The number of nitrogens with one attached hydrogen (secondary N) is 2. The summed E-state index contributed by atoms with van der Waals surface area (Å²) in [7, 11) is 0. The Labute approximate surface area is 141 Å². The fourth-order valence-corrected chi connectivity index (χ4v) is 2.86. The fraction of sp³-hybridized carbons (Fsp3) is 0.412. The summed E-state index contributed by atoms with van der Waals surface area (Å²) in [5.74, 6) is 0.926. The van der Waals surface area contributed by atoms with E-state index in [-0.39, 0.29) is 6.10 Å². The Morgan fingerprint density at radius 1 is 1.43 bits per heavy atom. The van der Waals surface area contributed by atoms with Gasteiger partial charge in [0.25, 0.3) is 0 Å². The van der Waals surface area contributed by atoms with Gasteiger partial charge < -0.3 is 14.5 Å². The lowest BCUT2D eigenvalue weighted by atomic mass is 10.1. The highest BCUT2D eigenvalue weighted by Gasteiger charge is 2.15. The van der Waals surface area contributed by atoms with E-state index < -0.39 is 0 Å². The van der Waals surface area contributed by atoms with Crippen molar-refractivity contribution in [1.29, 1.82) is 0 Å². The summed E-state index contributed by atoms with van der Waals surface area (Å²) in [6.45, 7) is 3.63. The molecule has 0 aliphatic carbocycles. The van der Waals surface area contributed by atoms with Crippen LogP contribution in [0.2, 0.25) is 0 Å². The maximum atomic E-state index is 5.84. The number of nitrogens with zero attached hydrogens (tertiary/aromatic N) is 1. The molecule has 23 heavy (non-hydrogen) atoms. The number of hydrogen-bond acceptors (Lipinski definition) is 4. The van der Waals surface area contributed by atoms with Crippen LogP contribution in [0, 0.1) is 0 Å². The van der Waals surface area contributed by atoms with Crippen molar-refractivity contribution in [3.05, 3.63) is 35.6 Å². The van der Waals surface area contributed by atoms with E-state index in [1.165, 1.54) is 0 Å². The molecule has 2 N–H and O–H groups in total. The van der Waals surface area contributed by atoms with Gasteiger partial charge in [-0.3, -0.25) is 5.43 Å². The van der Waals surface area contributed by atoms with Crippen LogP contribution in [0.5, 0.6) is 0 Å². The topological polar surface area (TPSA) is 58.8 Å². The van der Waals surface area contributed by atoms with E-state index >= 15 is 0 Å². The molecule has 1 saturated heterocycles. The van der Waals surface area contributed by atoms with Crippen LogP contribution in [0.25, 0.3) is 11.0 Å². The molecule has 1 aromatic carbocycles. The predicted octanol–water partition coefficient (Wildman–Crippen LogP) is 2.97. The van der Waals surface area contributed by atoms with Gasteiger partial charge in [0.15, 0.2) is 5.11 Å². The lowest BCUT2D eigenvalue weighted by Gasteiger charge is -2.11. The van der Waals surface area contributed by atoms with E-state index in [9.17, 15) is 0 Å². The van der Waals surface area contributed by atoms with Crippen LogP contribution in [0.4, 0.5) is 0 Å². The summed E-state index contributed by atoms with van der Waals surface area (Å²) in [5, 5.41) is 8.93. The highest BCUT2D eigenvalue weighted by atomic mass is 32.1. The molecule has 6 heteroatoms. The third-order valence-corrected chi connectivity index (χ3v) is 4.14. The highest BCUT2D eigenvalue weighted by Crippen LogP contribution is 2.24. The van der Waals surface area contributed by atoms with Crippen LogP contribution >= 0.6 is 12.2 Å². The van der Waals surface area contributed by atoms with Crippen LogP contribution in [-0.2, 0) is 11.2 Å². The third kappa shape index (κ3) is 3.89. The minimum absolute atomic E-state index is 0.253. The standard InChI is InChI=1S/C17H21N3O2S/c1-2-15-14(13-7-3-4-8-16(13)22-15)11-19-20-17(23)18-10-12-6-5-9-21-12/h3-4,7-8,11-12H,2,5-6,9-10H2,1H3,(H2,18,20,23)/b19-11-/t12-/m1/s1. The van der Waals surface area contributed by atoms with Crippen LogP contribution in [0.3, 0.4) is 0 Å². The van der Waals surface area contributed by atoms with E-state index in [1.807, 2.05) is 24.3 Å². The summed E-state index contributed by atoms with van der Waals surface area (Å²) in [6.07, 6.45) is 5.04. The number of benzene rings is 1. The molecule has 122 valence electrons. The molecule has 2 aromatic rings. The molecular formula is C17H21N3O2S. The van der Waals surface area contributed by atoms with Gasteiger partial charge in [0.2, 0.25) is 0 Å². The van der Waals surface area contributed by atoms with Crippen molar-refractivity contribution in [2.24, 2.45) is 5.10 Å². The molecule has 0 amide bonds. The molecule has 1 aliphatic rings. The third-order valence-electron chi connectivity index (χ3n) is 3.91. The molecule has 0 bridgehead atoms. The highest BCUT2D eigenvalue weighted by molar-refractivity contribution is 7.80. The second kappa shape index (κ2) is 7.57. The Hall–Kier alpha value is -1.92. The average Bonchev–Trinajstić information content (AvgIpc) is 3.20. The second-order valence-electron chi connectivity index (χ2n) is 5.50. The van der Waals surface area contributed by atoms with Gasteiger partial charge in [0.05, 0.1) is 12.3 Å². The summed E-state index contributed by atoms with van der Waals surface area (Å²) in [5.41, 5.74) is 4.73. The maximum absolute atomic E-state index is 5.84. The molecule has 3 rings (SSSR count). The normalized spacial score (nSPS) is 17.9. The Balaban J connectivity index is 1.60. The number of thiocarbonyl (C=S) groups is 1. The average molecular weight is 331 g/mol. The molecule has 1 aliphatic heterocycles. The van der Waals surface area contributed by atoms with Crippen LogP contribution < -0.4 is 10.7 Å². The van der Waals surface area contributed by atoms with Crippen molar-refractivity contribution >= 4 is 34.5 Å². The van der Waals surface area contributed by atoms with Gasteiger partial charge in [-0.25, -0.2) is 0 Å². The van der Waals surface area contributed by atoms with Gasteiger partial charge in [-0.1, -0.05) is 25.1 Å². The molecule has 2 heterocycles. The van der Waals surface area contributed by atoms with E-state index in [0.717, 1.165) is 54.7 Å². The summed E-state index contributed by atoms with van der Waals surface area (Å²) < 4.78 is 11.4. The van der Waals surface area contributed by atoms with Crippen molar-refractivity contribution in [2.45, 2.75) is 32.3 Å². The molecule has 0 saturated carbocycles. The summed E-state index contributed by atoms with van der Waals surface area (Å²) in [4.78, 5) is 0. The SMILES string of the molecule is CCc1oc2ccccc2c1/C=N\NC(=S)NC[C@H]1CCCO1. The van der Waals surface area contributed by atoms with Crippen molar-refractivity contribution in [1.82, 2.24) is 10.7 Å². The van der Waals surface area contributed by atoms with E-state index in [2.05, 4.69) is 22.8 Å². The lowest BCUT2D eigenvalue weighted by molar-refractivity contribution is 0.114. The van der Waals surface area contributed by atoms with Crippen LogP contribution in [0.15, 0.2) is 33.8 Å². The minimum Gasteiger partial charge on any atom is -0.460 e. The summed E-state index contributed by atoms with van der Waals surface area (Å²) >= 11 is 5.23. The molecular weight excluding hydrogens is 310 g/mol. The molecule has 1 atom stereocenters. The molecule has 5 nitrogen and oxygen atoms in total. The number of fused-ring (bicyclic) bond motifs is 1. The number of hydrogen-bond donors (Lipinski definition) is 2. The number of rotatable bonds is 5. The van der Waals surface area contributed by atoms with Gasteiger partial charge in [-0.2, -0.15) is 5.10 Å². The van der Waals surface area contributed by atoms with Gasteiger partial charge in [0.1, 0.15) is 11.3 Å². The second-order valence-corrected chi connectivity index (χ2v) is 5.91. The zero-order chi connectivity index (χ0) is 16.1. The first-order valence-corrected chi connectivity index (χ1v) is 8.37. The number of furan rings is 1. The summed E-state index contributed by atoms with van der Waals surface area (Å²) in [6, 6.07) is 7.96. The Bertz CT molecular complexity index is 705. The van der Waals surface area contributed by atoms with Crippen LogP contribution in [0.1, 0.15) is 31.1 Å². The van der Waals surface area contributed by atoms with Gasteiger partial charge in [0, 0.05) is 30.5 Å². The molecule has 0 radical (unpaired) electrons. The van der Waals surface area contributed by atoms with E-state index in [4.69, 9.17) is 21.4 Å². The largest absolute Gasteiger partial charge is 0.460 e. The molecule has 0 unspecified atom stereocenters. The van der Waals surface area contributed by atoms with E-state index in [1.54, 1.807) is 6.21 Å². The minimum atomic E-state index is 0.253. The molecule has 1 fully saturated rings. The zero-order valence-corrected chi connectivity index (χ0v) is 14.0. The van der Waals surface area contributed by atoms with Gasteiger partial charge in [-0.15, -0.1) is 0 Å². The first-order valence-electron chi connectivity index (χ1n) is 7.97.